The fourth-order valence-electron chi connectivity index (χ4n) is 3.27. The average molecular weight is 396 g/mol. The second kappa shape index (κ2) is 9.43. The summed E-state index contributed by atoms with van der Waals surface area (Å²) in [7, 11) is 1.28. The molecule has 1 aliphatic rings. The molecule has 0 saturated heterocycles. The molecule has 1 aliphatic carbocycles. The standard InChI is InChI=1S/C23H22ClNO3/c1-28-23(27)20-15-19(24)12-13-21(20)25-22(26)18-9-5-8-17(14-18)11-10-16-6-3-2-4-7-16/h5,8-9,12-16H,2-4,6-7H2,1H3,(H,25,26). The molecule has 1 N–H and O–H groups in total. The highest BCUT2D eigenvalue weighted by Crippen LogP contribution is 2.24. The Labute approximate surface area is 170 Å². The molecule has 5 heteroatoms. The van der Waals surface area contributed by atoms with E-state index in [4.69, 9.17) is 16.3 Å². The average Bonchev–Trinajstić information content (AvgIpc) is 2.74. The Morgan fingerprint density at radius 2 is 1.89 bits per heavy atom. The lowest BCUT2D eigenvalue weighted by atomic mass is 9.89. The minimum absolute atomic E-state index is 0.205. The van der Waals surface area contributed by atoms with Crippen LogP contribution in [-0.4, -0.2) is 19.0 Å². The molecule has 0 atom stereocenters. The van der Waals surface area contributed by atoms with Gasteiger partial charge >= 0.3 is 5.97 Å². The molecule has 0 radical (unpaired) electrons. The van der Waals surface area contributed by atoms with Crippen LogP contribution in [0.3, 0.4) is 0 Å². The third kappa shape index (κ3) is 5.15. The van der Waals surface area contributed by atoms with Gasteiger partial charge in [0.15, 0.2) is 0 Å². The number of carbonyl (C=O) groups excluding carboxylic acids is 2. The monoisotopic (exact) mass is 395 g/mol. The van der Waals surface area contributed by atoms with Gasteiger partial charge in [-0.3, -0.25) is 4.79 Å². The van der Waals surface area contributed by atoms with Crippen molar-refractivity contribution in [2.75, 3.05) is 12.4 Å². The van der Waals surface area contributed by atoms with E-state index in [0.717, 1.165) is 18.4 Å². The van der Waals surface area contributed by atoms with E-state index in [1.165, 1.54) is 32.4 Å². The molecule has 0 spiro atoms. The van der Waals surface area contributed by atoms with E-state index in [-0.39, 0.29) is 11.5 Å². The zero-order valence-electron chi connectivity index (χ0n) is 15.8. The van der Waals surface area contributed by atoms with Crippen LogP contribution in [0.25, 0.3) is 0 Å². The Kier molecular flexibility index (Phi) is 6.73. The molecular formula is C23H22ClNO3. The van der Waals surface area contributed by atoms with E-state index in [0.29, 0.717) is 22.2 Å². The van der Waals surface area contributed by atoms with Crippen LogP contribution in [0.5, 0.6) is 0 Å². The first-order chi connectivity index (χ1) is 13.6. The van der Waals surface area contributed by atoms with E-state index in [2.05, 4.69) is 17.2 Å². The van der Waals surface area contributed by atoms with Crippen LogP contribution in [0.1, 0.15) is 58.4 Å². The molecule has 144 valence electrons. The van der Waals surface area contributed by atoms with Gasteiger partial charge in [-0.15, -0.1) is 0 Å². The Morgan fingerprint density at radius 1 is 1.11 bits per heavy atom. The fourth-order valence-corrected chi connectivity index (χ4v) is 3.44. The molecule has 0 unspecified atom stereocenters. The second-order valence-corrected chi connectivity index (χ2v) is 7.26. The Morgan fingerprint density at radius 3 is 2.64 bits per heavy atom. The maximum absolute atomic E-state index is 12.7. The molecule has 28 heavy (non-hydrogen) atoms. The Hall–Kier alpha value is -2.77. The predicted octanol–water partition coefficient (Wildman–Crippen LogP) is 5.31. The van der Waals surface area contributed by atoms with Crippen molar-refractivity contribution in [2.45, 2.75) is 32.1 Å². The highest BCUT2D eigenvalue weighted by atomic mass is 35.5. The summed E-state index contributed by atoms with van der Waals surface area (Å²) in [6, 6.07) is 11.8. The minimum atomic E-state index is -0.565. The Bertz CT molecular complexity index is 936. The molecule has 1 fully saturated rings. The quantitative estimate of drug-likeness (QED) is 0.566. The number of amides is 1. The molecule has 0 heterocycles. The largest absolute Gasteiger partial charge is 0.465 e. The summed E-state index contributed by atoms with van der Waals surface area (Å²) >= 11 is 5.96. The number of nitrogens with one attached hydrogen (secondary N) is 1. The molecule has 3 rings (SSSR count). The summed E-state index contributed by atoms with van der Waals surface area (Å²) in [6.45, 7) is 0. The van der Waals surface area contributed by atoms with Crippen molar-refractivity contribution in [3.05, 3.63) is 64.2 Å². The van der Waals surface area contributed by atoms with Crippen LogP contribution in [-0.2, 0) is 4.74 Å². The number of esters is 1. The van der Waals surface area contributed by atoms with E-state index in [1.54, 1.807) is 24.3 Å². The van der Waals surface area contributed by atoms with E-state index < -0.39 is 5.97 Å². The van der Waals surface area contributed by atoms with Crippen molar-refractivity contribution in [3.63, 3.8) is 0 Å². The molecule has 1 saturated carbocycles. The first kappa shape index (κ1) is 20.0. The van der Waals surface area contributed by atoms with Crippen molar-refractivity contribution in [1.29, 1.82) is 0 Å². The van der Waals surface area contributed by atoms with Crippen molar-refractivity contribution < 1.29 is 14.3 Å². The molecule has 2 aromatic rings. The van der Waals surface area contributed by atoms with Gasteiger partial charge in [0, 0.05) is 22.1 Å². The number of carbonyl (C=O) groups is 2. The van der Waals surface area contributed by atoms with Crippen molar-refractivity contribution in [1.82, 2.24) is 0 Å². The van der Waals surface area contributed by atoms with Gasteiger partial charge in [-0.1, -0.05) is 48.8 Å². The number of methoxy groups -OCH3 is 1. The zero-order chi connectivity index (χ0) is 19.9. The maximum Gasteiger partial charge on any atom is 0.340 e. The third-order valence-corrected chi connectivity index (χ3v) is 5.02. The summed E-state index contributed by atoms with van der Waals surface area (Å²) in [5.41, 5.74) is 1.83. The van der Waals surface area contributed by atoms with Gasteiger partial charge in [0.05, 0.1) is 18.4 Å². The number of anilines is 1. The SMILES string of the molecule is COC(=O)c1cc(Cl)ccc1NC(=O)c1cccc(C#CC2CCCCC2)c1. The molecule has 0 aliphatic heterocycles. The number of hydrogen-bond donors (Lipinski definition) is 1. The summed E-state index contributed by atoms with van der Waals surface area (Å²) in [5.74, 6) is 6.09. The molecular weight excluding hydrogens is 374 g/mol. The van der Waals surface area contributed by atoms with Gasteiger partial charge in [-0.25, -0.2) is 4.79 Å². The van der Waals surface area contributed by atoms with Crippen molar-refractivity contribution in [2.24, 2.45) is 5.92 Å². The number of ether oxygens (including phenoxy) is 1. The lowest BCUT2D eigenvalue weighted by molar-refractivity contribution is 0.0602. The highest BCUT2D eigenvalue weighted by Gasteiger charge is 2.16. The Balaban J connectivity index is 1.77. The summed E-state index contributed by atoms with van der Waals surface area (Å²) in [6.07, 6.45) is 6.09. The fraction of sp³-hybridized carbons (Fsp3) is 0.304. The van der Waals surface area contributed by atoms with Crippen LogP contribution < -0.4 is 5.32 Å². The van der Waals surface area contributed by atoms with Gasteiger partial charge in [0.1, 0.15) is 0 Å². The van der Waals surface area contributed by atoms with E-state index in [1.807, 2.05) is 12.1 Å². The first-order valence-electron chi connectivity index (χ1n) is 9.37. The number of halogens is 1. The van der Waals surface area contributed by atoms with Crippen LogP contribution >= 0.6 is 11.6 Å². The van der Waals surface area contributed by atoms with Gasteiger partial charge in [0.25, 0.3) is 5.91 Å². The zero-order valence-corrected chi connectivity index (χ0v) is 16.5. The van der Waals surface area contributed by atoms with Crippen LogP contribution in [0.4, 0.5) is 5.69 Å². The molecule has 0 bridgehead atoms. The third-order valence-electron chi connectivity index (χ3n) is 4.79. The lowest BCUT2D eigenvalue weighted by Crippen LogP contribution is -2.15. The van der Waals surface area contributed by atoms with Crippen molar-refractivity contribution in [3.8, 4) is 11.8 Å². The number of rotatable bonds is 3. The smallest absolute Gasteiger partial charge is 0.340 e. The first-order valence-corrected chi connectivity index (χ1v) is 9.75. The molecule has 1 amide bonds. The van der Waals surface area contributed by atoms with Crippen LogP contribution in [0, 0.1) is 17.8 Å². The van der Waals surface area contributed by atoms with Gasteiger partial charge in [-0.2, -0.15) is 0 Å². The normalized spacial score (nSPS) is 13.9. The van der Waals surface area contributed by atoms with Crippen LogP contribution in [0.2, 0.25) is 5.02 Å². The summed E-state index contributed by atoms with van der Waals surface area (Å²) in [4.78, 5) is 24.6. The topological polar surface area (TPSA) is 55.4 Å². The van der Waals surface area contributed by atoms with E-state index in [9.17, 15) is 9.59 Å². The summed E-state index contributed by atoms with van der Waals surface area (Å²) < 4.78 is 4.76. The number of benzene rings is 2. The number of hydrogen-bond acceptors (Lipinski definition) is 3. The minimum Gasteiger partial charge on any atom is -0.465 e. The van der Waals surface area contributed by atoms with Crippen LogP contribution in [0.15, 0.2) is 42.5 Å². The molecule has 4 nitrogen and oxygen atoms in total. The molecule has 2 aromatic carbocycles. The summed E-state index contributed by atoms with van der Waals surface area (Å²) in [5, 5.41) is 3.14. The highest BCUT2D eigenvalue weighted by molar-refractivity contribution is 6.31. The van der Waals surface area contributed by atoms with Gasteiger partial charge in [-0.05, 0) is 49.2 Å². The van der Waals surface area contributed by atoms with E-state index >= 15 is 0 Å². The van der Waals surface area contributed by atoms with Crippen molar-refractivity contribution >= 4 is 29.2 Å². The lowest BCUT2D eigenvalue weighted by Gasteiger charge is -2.15. The second-order valence-electron chi connectivity index (χ2n) is 6.82. The maximum atomic E-state index is 12.7. The molecule has 0 aromatic heterocycles. The van der Waals surface area contributed by atoms with Gasteiger partial charge in [0.2, 0.25) is 0 Å². The predicted molar refractivity (Wildman–Crippen MR) is 111 cm³/mol. The van der Waals surface area contributed by atoms with Gasteiger partial charge < -0.3 is 10.1 Å².